The average molecular weight is 362 g/mol. The summed E-state index contributed by atoms with van der Waals surface area (Å²) in [6.45, 7) is 5.64. The molecule has 0 atom stereocenters. The molecule has 0 radical (unpaired) electrons. The summed E-state index contributed by atoms with van der Waals surface area (Å²) in [7, 11) is 1.37. The van der Waals surface area contributed by atoms with Crippen LogP contribution in [-0.4, -0.2) is 55.0 Å². The summed E-state index contributed by atoms with van der Waals surface area (Å²) in [5.41, 5.74) is 0.489. The van der Waals surface area contributed by atoms with Gasteiger partial charge in [0.05, 0.1) is 13.7 Å². The van der Waals surface area contributed by atoms with Gasteiger partial charge in [-0.25, -0.2) is 4.79 Å². The van der Waals surface area contributed by atoms with E-state index >= 15 is 0 Å². The Morgan fingerprint density at radius 1 is 1.19 bits per heavy atom. The number of amides is 1. The van der Waals surface area contributed by atoms with E-state index < -0.39 is 0 Å². The van der Waals surface area contributed by atoms with Crippen LogP contribution in [0.1, 0.15) is 60.4 Å². The number of carbonyl (C=O) groups excluding carboxylic acids is 2. The standard InChI is InChI=1S/C20H30N2O4/c1-15-18(20(24)25-2)13-17(26-15)14-21-9-11-22(12-10-21)19(23)8-7-16-5-3-4-6-16/h13,16H,3-12,14H2,1-2H3. The van der Waals surface area contributed by atoms with Crippen molar-refractivity contribution in [2.45, 2.75) is 52.0 Å². The van der Waals surface area contributed by atoms with Gasteiger partial charge in [-0.1, -0.05) is 25.7 Å². The first-order valence-corrected chi connectivity index (χ1v) is 9.74. The summed E-state index contributed by atoms with van der Waals surface area (Å²) in [6.07, 6.45) is 7.03. The Kier molecular flexibility index (Phi) is 6.35. The number of rotatable bonds is 6. The van der Waals surface area contributed by atoms with Crippen molar-refractivity contribution in [1.29, 1.82) is 0 Å². The average Bonchev–Trinajstić information content (AvgIpc) is 3.29. The molecule has 1 saturated heterocycles. The first kappa shape index (κ1) is 19.0. The Bertz CT molecular complexity index is 626. The molecule has 3 rings (SSSR count). The maximum Gasteiger partial charge on any atom is 0.341 e. The van der Waals surface area contributed by atoms with Crippen LogP contribution in [-0.2, 0) is 16.1 Å². The lowest BCUT2D eigenvalue weighted by molar-refractivity contribution is -0.133. The van der Waals surface area contributed by atoms with Crippen LogP contribution >= 0.6 is 0 Å². The largest absolute Gasteiger partial charge is 0.465 e. The van der Waals surface area contributed by atoms with Gasteiger partial charge in [-0.3, -0.25) is 9.69 Å². The molecule has 144 valence electrons. The van der Waals surface area contributed by atoms with Gasteiger partial charge in [0.25, 0.3) is 0 Å². The van der Waals surface area contributed by atoms with Crippen LogP contribution in [0, 0.1) is 12.8 Å². The fourth-order valence-corrected chi connectivity index (χ4v) is 4.09. The lowest BCUT2D eigenvalue weighted by atomic mass is 10.0. The van der Waals surface area contributed by atoms with Gasteiger partial charge in [0, 0.05) is 32.6 Å². The normalized spacial score (nSPS) is 19.1. The smallest absolute Gasteiger partial charge is 0.341 e. The SMILES string of the molecule is COC(=O)c1cc(CN2CCN(C(=O)CCC3CCCC3)CC2)oc1C. The molecule has 2 fully saturated rings. The fourth-order valence-electron chi connectivity index (χ4n) is 4.09. The first-order valence-electron chi connectivity index (χ1n) is 9.74. The summed E-state index contributed by atoms with van der Waals surface area (Å²) in [5, 5.41) is 0. The van der Waals surface area contributed by atoms with Gasteiger partial charge in [-0.2, -0.15) is 0 Å². The molecule has 1 amide bonds. The zero-order valence-electron chi connectivity index (χ0n) is 16.0. The van der Waals surface area contributed by atoms with Crippen LogP contribution in [0.5, 0.6) is 0 Å². The molecule has 0 bridgehead atoms. The first-order chi connectivity index (χ1) is 12.6. The number of hydrogen-bond donors (Lipinski definition) is 0. The van der Waals surface area contributed by atoms with Gasteiger partial charge < -0.3 is 14.1 Å². The Morgan fingerprint density at radius 2 is 1.88 bits per heavy atom. The Labute approximate surface area is 155 Å². The number of esters is 1. The van der Waals surface area contributed by atoms with E-state index in [0.29, 0.717) is 30.2 Å². The van der Waals surface area contributed by atoms with Crippen LogP contribution in [0.15, 0.2) is 10.5 Å². The second-order valence-electron chi connectivity index (χ2n) is 7.52. The van der Waals surface area contributed by atoms with E-state index in [4.69, 9.17) is 9.15 Å². The number of carbonyl (C=O) groups is 2. The summed E-state index contributed by atoms with van der Waals surface area (Å²) >= 11 is 0. The lowest BCUT2D eigenvalue weighted by Crippen LogP contribution is -2.48. The number of piperazine rings is 1. The predicted octanol–water partition coefficient (Wildman–Crippen LogP) is 2.99. The maximum absolute atomic E-state index is 12.4. The van der Waals surface area contributed by atoms with Gasteiger partial charge in [0.2, 0.25) is 5.91 Å². The highest BCUT2D eigenvalue weighted by molar-refractivity contribution is 5.90. The van der Waals surface area contributed by atoms with Crippen molar-refractivity contribution in [2.24, 2.45) is 5.92 Å². The van der Waals surface area contributed by atoms with E-state index in [9.17, 15) is 9.59 Å². The van der Waals surface area contributed by atoms with Crippen molar-refractivity contribution >= 4 is 11.9 Å². The second kappa shape index (κ2) is 8.71. The van der Waals surface area contributed by atoms with Crippen molar-refractivity contribution in [2.75, 3.05) is 33.3 Å². The minimum Gasteiger partial charge on any atom is -0.465 e. The maximum atomic E-state index is 12.4. The number of furan rings is 1. The monoisotopic (exact) mass is 362 g/mol. The van der Waals surface area contributed by atoms with Crippen molar-refractivity contribution < 1.29 is 18.7 Å². The molecule has 26 heavy (non-hydrogen) atoms. The second-order valence-corrected chi connectivity index (χ2v) is 7.52. The molecular formula is C20H30N2O4. The third kappa shape index (κ3) is 4.67. The van der Waals surface area contributed by atoms with Gasteiger partial charge >= 0.3 is 5.97 Å². The summed E-state index contributed by atoms with van der Waals surface area (Å²) < 4.78 is 10.5. The predicted molar refractivity (Wildman–Crippen MR) is 97.8 cm³/mol. The Balaban J connectivity index is 1.43. The highest BCUT2D eigenvalue weighted by Crippen LogP contribution is 2.28. The van der Waals surface area contributed by atoms with Crippen LogP contribution in [0.3, 0.4) is 0 Å². The van der Waals surface area contributed by atoms with E-state index in [1.807, 2.05) is 4.90 Å². The third-order valence-corrected chi connectivity index (χ3v) is 5.72. The van der Waals surface area contributed by atoms with Gasteiger partial charge in [0.1, 0.15) is 17.1 Å². The topological polar surface area (TPSA) is 63.0 Å². The molecule has 0 unspecified atom stereocenters. The number of ether oxygens (including phenoxy) is 1. The van der Waals surface area contributed by atoms with E-state index in [0.717, 1.165) is 44.3 Å². The number of methoxy groups -OCH3 is 1. The molecule has 6 heteroatoms. The lowest BCUT2D eigenvalue weighted by Gasteiger charge is -2.34. The van der Waals surface area contributed by atoms with Crippen LogP contribution in [0.2, 0.25) is 0 Å². The molecule has 1 aliphatic carbocycles. The summed E-state index contributed by atoms with van der Waals surface area (Å²) in [5.74, 6) is 2.07. The summed E-state index contributed by atoms with van der Waals surface area (Å²) in [6, 6.07) is 1.76. The minimum absolute atomic E-state index is 0.304. The minimum atomic E-state index is -0.366. The molecule has 0 spiro atoms. The number of aryl methyl sites for hydroxylation is 1. The van der Waals surface area contributed by atoms with E-state index in [-0.39, 0.29) is 5.97 Å². The highest BCUT2D eigenvalue weighted by atomic mass is 16.5. The van der Waals surface area contributed by atoms with Crippen LogP contribution in [0.4, 0.5) is 0 Å². The molecule has 2 heterocycles. The van der Waals surface area contributed by atoms with Crippen molar-refractivity contribution in [3.63, 3.8) is 0 Å². The zero-order valence-corrected chi connectivity index (χ0v) is 16.0. The molecule has 0 N–H and O–H groups in total. The summed E-state index contributed by atoms with van der Waals surface area (Å²) in [4.78, 5) is 28.4. The molecule has 2 aliphatic rings. The fraction of sp³-hybridized carbons (Fsp3) is 0.700. The Morgan fingerprint density at radius 3 is 2.54 bits per heavy atom. The quantitative estimate of drug-likeness (QED) is 0.728. The number of hydrogen-bond acceptors (Lipinski definition) is 5. The molecule has 0 aromatic carbocycles. The van der Waals surface area contributed by atoms with Gasteiger partial charge in [-0.15, -0.1) is 0 Å². The molecule has 1 aliphatic heterocycles. The van der Waals surface area contributed by atoms with E-state index in [1.165, 1.54) is 32.8 Å². The molecular weight excluding hydrogens is 332 g/mol. The van der Waals surface area contributed by atoms with Crippen molar-refractivity contribution in [3.8, 4) is 0 Å². The van der Waals surface area contributed by atoms with Gasteiger partial charge in [-0.05, 0) is 25.3 Å². The van der Waals surface area contributed by atoms with Crippen LogP contribution < -0.4 is 0 Å². The van der Waals surface area contributed by atoms with E-state index in [2.05, 4.69) is 4.90 Å². The highest BCUT2D eigenvalue weighted by Gasteiger charge is 2.24. The Hall–Kier alpha value is -1.82. The van der Waals surface area contributed by atoms with E-state index in [1.54, 1.807) is 13.0 Å². The third-order valence-electron chi connectivity index (χ3n) is 5.72. The molecule has 1 aromatic heterocycles. The van der Waals surface area contributed by atoms with Crippen molar-refractivity contribution in [3.05, 3.63) is 23.2 Å². The van der Waals surface area contributed by atoms with Gasteiger partial charge in [0.15, 0.2) is 0 Å². The van der Waals surface area contributed by atoms with Crippen LogP contribution in [0.25, 0.3) is 0 Å². The number of nitrogens with zero attached hydrogens (tertiary/aromatic N) is 2. The molecule has 6 nitrogen and oxygen atoms in total. The zero-order chi connectivity index (χ0) is 18.5. The molecule has 1 saturated carbocycles. The van der Waals surface area contributed by atoms with Crippen molar-refractivity contribution in [1.82, 2.24) is 9.80 Å². The molecule has 1 aromatic rings.